The Balaban J connectivity index is 2.57. The smallest absolute Gasteiger partial charge is 0.0524 e. The van der Waals surface area contributed by atoms with Gasteiger partial charge in [-0.2, -0.15) is 0 Å². The number of para-hydroxylation sites is 1. The minimum atomic E-state index is -0.711. The van der Waals surface area contributed by atoms with Gasteiger partial charge in [0.15, 0.2) is 0 Å². The second kappa shape index (κ2) is 7.22. The van der Waals surface area contributed by atoms with E-state index in [4.69, 9.17) is 5.41 Å². The Morgan fingerprint density at radius 2 is 2.12 bits per heavy atom. The van der Waals surface area contributed by atoms with E-state index in [-0.39, 0.29) is 0 Å². The summed E-state index contributed by atoms with van der Waals surface area (Å²) in [5, 5.41) is 10.7. The van der Waals surface area contributed by atoms with E-state index >= 15 is 0 Å². The van der Waals surface area contributed by atoms with E-state index in [0.29, 0.717) is 12.3 Å². The molecule has 4 heteroatoms. The maximum Gasteiger partial charge on any atom is 0.0524 e. The van der Waals surface area contributed by atoms with Crippen molar-refractivity contribution in [1.29, 1.82) is 5.41 Å². The van der Waals surface area contributed by atoms with Crippen LogP contribution >= 0.6 is 0 Å². The van der Waals surface area contributed by atoms with E-state index in [1.807, 2.05) is 18.2 Å². The van der Waals surface area contributed by atoms with Crippen LogP contribution in [0.1, 0.15) is 18.9 Å². The second-order valence-corrected chi connectivity index (χ2v) is 5.73. The lowest BCUT2D eigenvalue weighted by Gasteiger charge is -2.11. The predicted octanol–water partition coefficient (Wildman–Crippen LogP) is 2.45. The molecule has 1 atom stereocenters. The van der Waals surface area contributed by atoms with Gasteiger partial charge in [0.2, 0.25) is 0 Å². The number of rotatable bonds is 7. The third kappa shape index (κ3) is 5.63. The zero-order valence-corrected chi connectivity index (χ0v) is 11.3. The normalized spacial score (nSPS) is 12.1. The first-order valence-electron chi connectivity index (χ1n) is 5.75. The Kier molecular flexibility index (Phi) is 5.91. The van der Waals surface area contributed by atoms with Gasteiger partial charge in [-0.3, -0.25) is 4.21 Å². The van der Waals surface area contributed by atoms with Crippen molar-refractivity contribution in [3.05, 3.63) is 29.8 Å². The summed E-state index contributed by atoms with van der Waals surface area (Å²) in [7, 11) is -0.711. The first-order chi connectivity index (χ1) is 8.09. The summed E-state index contributed by atoms with van der Waals surface area (Å²) in [6, 6.07) is 8.12. The molecule has 1 aromatic rings. The molecule has 1 rings (SSSR count). The lowest BCUT2D eigenvalue weighted by atomic mass is 10.1. The summed E-state index contributed by atoms with van der Waals surface area (Å²) in [5.41, 5.74) is 2.94. The summed E-state index contributed by atoms with van der Waals surface area (Å²) in [4.78, 5) is 0. The van der Waals surface area contributed by atoms with Crippen LogP contribution in [0.5, 0.6) is 0 Å². The molecule has 0 aliphatic rings. The fraction of sp³-hybridized carbons (Fsp3) is 0.462. The van der Waals surface area contributed by atoms with E-state index in [9.17, 15) is 4.21 Å². The number of anilines is 1. The van der Waals surface area contributed by atoms with Crippen LogP contribution in [0.25, 0.3) is 0 Å². The number of nitrogens with one attached hydrogen (secondary N) is 2. The summed E-state index contributed by atoms with van der Waals surface area (Å²) >= 11 is 0. The highest BCUT2D eigenvalue weighted by Gasteiger charge is 2.02. The van der Waals surface area contributed by atoms with Crippen LogP contribution in [0.3, 0.4) is 0 Å². The number of hydrogen-bond acceptors (Lipinski definition) is 3. The van der Waals surface area contributed by atoms with Crippen molar-refractivity contribution in [3.8, 4) is 0 Å². The van der Waals surface area contributed by atoms with Crippen LogP contribution in [-0.2, 0) is 17.2 Å². The fourth-order valence-electron chi connectivity index (χ4n) is 1.60. The van der Waals surface area contributed by atoms with E-state index in [1.54, 1.807) is 13.2 Å². The van der Waals surface area contributed by atoms with Gasteiger partial charge < -0.3 is 10.7 Å². The molecule has 2 N–H and O–H groups in total. The topological polar surface area (TPSA) is 53.0 Å². The average molecular weight is 252 g/mol. The number of benzene rings is 1. The molecule has 0 fully saturated rings. The van der Waals surface area contributed by atoms with Gasteiger partial charge in [-0.05, 0) is 31.4 Å². The van der Waals surface area contributed by atoms with Gasteiger partial charge in [-0.1, -0.05) is 18.2 Å². The SMILES string of the molecule is CC(=N)CNc1ccccc1CCCS(C)=O. The minimum Gasteiger partial charge on any atom is -0.380 e. The molecule has 0 amide bonds. The van der Waals surface area contributed by atoms with Gasteiger partial charge in [0.05, 0.1) is 6.54 Å². The van der Waals surface area contributed by atoms with Crippen molar-refractivity contribution in [2.24, 2.45) is 0 Å². The zero-order chi connectivity index (χ0) is 12.7. The maximum atomic E-state index is 11.0. The van der Waals surface area contributed by atoms with Crippen molar-refractivity contribution in [3.63, 3.8) is 0 Å². The lowest BCUT2D eigenvalue weighted by Crippen LogP contribution is -2.11. The Labute approximate surface area is 106 Å². The zero-order valence-electron chi connectivity index (χ0n) is 10.5. The van der Waals surface area contributed by atoms with Gasteiger partial charge in [0.1, 0.15) is 0 Å². The molecule has 0 heterocycles. The third-order valence-electron chi connectivity index (χ3n) is 2.44. The van der Waals surface area contributed by atoms with Crippen LogP contribution in [0, 0.1) is 5.41 Å². The molecular formula is C13H20N2OS. The van der Waals surface area contributed by atoms with Crippen LogP contribution in [-0.4, -0.2) is 28.5 Å². The van der Waals surface area contributed by atoms with E-state index in [1.165, 1.54) is 5.56 Å². The Morgan fingerprint density at radius 1 is 1.41 bits per heavy atom. The summed E-state index contributed by atoms with van der Waals surface area (Å²) < 4.78 is 11.0. The molecule has 0 aliphatic heterocycles. The summed E-state index contributed by atoms with van der Waals surface area (Å²) in [6.45, 7) is 2.37. The molecule has 0 saturated carbocycles. The van der Waals surface area contributed by atoms with Crippen molar-refractivity contribution < 1.29 is 4.21 Å². The van der Waals surface area contributed by atoms with Gasteiger partial charge in [0, 0.05) is 34.2 Å². The molecule has 3 nitrogen and oxygen atoms in total. The third-order valence-corrected chi connectivity index (χ3v) is 3.30. The van der Waals surface area contributed by atoms with Gasteiger partial charge in [-0.15, -0.1) is 0 Å². The van der Waals surface area contributed by atoms with Gasteiger partial charge in [-0.25, -0.2) is 0 Å². The molecule has 0 bridgehead atoms. The van der Waals surface area contributed by atoms with Crippen LogP contribution in [0.15, 0.2) is 24.3 Å². The highest BCUT2D eigenvalue weighted by Crippen LogP contribution is 2.16. The number of aryl methyl sites for hydroxylation is 1. The predicted molar refractivity (Wildman–Crippen MR) is 75.6 cm³/mol. The van der Waals surface area contributed by atoms with Gasteiger partial charge in [0.25, 0.3) is 0 Å². The van der Waals surface area contributed by atoms with Gasteiger partial charge >= 0.3 is 0 Å². The molecule has 0 aliphatic carbocycles. The summed E-state index contributed by atoms with van der Waals surface area (Å²) in [6.07, 6.45) is 3.60. The Morgan fingerprint density at radius 3 is 2.76 bits per heavy atom. The van der Waals surface area contributed by atoms with Crippen LogP contribution < -0.4 is 5.32 Å². The first-order valence-corrected chi connectivity index (χ1v) is 7.48. The molecule has 0 aromatic heterocycles. The maximum absolute atomic E-state index is 11.0. The standard InChI is InChI=1S/C13H20N2OS/c1-11(14)10-15-13-8-4-3-6-12(13)7-5-9-17(2)16/h3-4,6,8,14-15H,5,7,9-10H2,1-2H3. The monoisotopic (exact) mass is 252 g/mol. The Bertz CT molecular complexity index is 404. The molecule has 0 radical (unpaired) electrons. The van der Waals surface area contributed by atoms with Crippen molar-refractivity contribution in [1.82, 2.24) is 0 Å². The highest BCUT2D eigenvalue weighted by atomic mass is 32.2. The molecule has 0 spiro atoms. The average Bonchev–Trinajstić information content (AvgIpc) is 2.27. The van der Waals surface area contributed by atoms with E-state index < -0.39 is 10.8 Å². The molecule has 0 saturated heterocycles. The Hall–Kier alpha value is -1.16. The fourth-order valence-corrected chi connectivity index (χ4v) is 2.16. The minimum absolute atomic E-state index is 0.580. The molecule has 17 heavy (non-hydrogen) atoms. The van der Waals surface area contributed by atoms with Crippen LogP contribution in [0.2, 0.25) is 0 Å². The van der Waals surface area contributed by atoms with E-state index in [0.717, 1.165) is 24.3 Å². The summed E-state index contributed by atoms with van der Waals surface area (Å²) in [5.74, 6) is 0.748. The highest BCUT2D eigenvalue weighted by molar-refractivity contribution is 7.84. The van der Waals surface area contributed by atoms with Crippen molar-refractivity contribution in [2.45, 2.75) is 19.8 Å². The molecule has 94 valence electrons. The number of hydrogen-bond donors (Lipinski definition) is 2. The second-order valence-electron chi connectivity index (χ2n) is 4.17. The quantitative estimate of drug-likeness (QED) is 0.732. The lowest BCUT2D eigenvalue weighted by molar-refractivity contribution is 0.684. The van der Waals surface area contributed by atoms with Crippen molar-refractivity contribution in [2.75, 3.05) is 23.9 Å². The molecule has 1 unspecified atom stereocenters. The molecular weight excluding hydrogens is 232 g/mol. The van der Waals surface area contributed by atoms with Crippen LogP contribution in [0.4, 0.5) is 5.69 Å². The van der Waals surface area contributed by atoms with E-state index in [2.05, 4.69) is 11.4 Å². The molecule has 1 aromatic carbocycles. The first kappa shape index (κ1) is 13.9. The van der Waals surface area contributed by atoms with Crippen molar-refractivity contribution >= 4 is 22.2 Å². The largest absolute Gasteiger partial charge is 0.380 e.